The molecule has 0 aromatic heterocycles. The van der Waals surface area contributed by atoms with E-state index in [9.17, 15) is 4.79 Å². The topological polar surface area (TPSA) is 32.3 Å². The van der Waals surface area contributed by atoms with Gasteiger partial charge in [0.15, 0.2) is 0 Å². The summed E-state index contributed by atoms with van der Waals surface area (Å²) in [7, 11) is 0. The summed E-state index contributed by atoms with van der Waals surface area (Å²) in [6.45, 7) is 7.40. The third kappa shape index (κ3) is 2.06. The van der Waals surface area contributed by atoms with Gasteiger partial charge >= 0.3 is 0 Å². The van der Waals surface area contributed by atoms with Crippen molar-refractivity contribution in [1.29, 1.82) is 0 Å². The molecule has 0 aliphatic carbocycles. The molecule has 19 heavy (non-hydrogen) atoms. The number of hydrogen-bond donors (Lipinski definition) is 1. The number of carbonyl (C=O) groups is 1. The molecule has 2 aliphatic heterocycles. The zero-order chi connectivity index (χ0) is 13.6. The molecule has 1 aromatic carbocycles. The Morgan fingerprint density at radius 2 is 1.89 bits per heavy atom. The van der Waals surface area contributed by atoms with Gasteiger partial charge in [-0.25, -0.2) is 0 Å². The van der Waals surface area contributed by atoms with E-state index in [4.69, 9.17) is 0 Å². The van der Waals surface area contributed by atoms with E-state index in [0.29, 0.717) is 18.5 Å². The fourth-order valence-electron chi connectivity index (χ4n) is 3.77. The van der Waals surface area contributed by atoms with Gasteiger partial charge in [-0.2, -0.15) is 0 Å². The highest BCUT2D eigenvalue weighted by molar-refractivity contribution is 5.98. The van der Waals surface area contributed by atoms with Crippen molar-refractivity contribution in [3.63, 3.8) is 0 Å². The van der Waals surface area contributed by atoms with E-state index in [1.165, 1.54) is 16.7 Å². The number of piperidine rings is 1. The van der Waals surface area contributed by atoms with Crippen LogP contribution in [0.5, 0.6) is 0 Å². The van der Waals surface area contributed by atoms with Gasteiger partial charge in [-0.1, -0.05) is 17.7 Å². The van der Waals surface area contributed by atoms with E-state index >= 15 is 0 Å². The fourth-order valence-corrected chi connectivity index (χ4v) is 3.77. The van der Waals surface area contributed by atoms with Gasteiger partial charge in [0.1, 0.15) is 0 Å². The highest BCUT2D eigenvalue weighted by Crippen LogP contribution is 2.35. The van der Waals surface area contributed by atoms with Crippen LogP contribution in [-0.2, 0) is 4.79 Å². The number of nitrogens with zero attached hydrogens (tertiary/aromatic N) is 1. The molecule has 2 atom stereocenters. The molecule has 0 saturated carbocycles. The second-order valence-electron chi connectivity index (χ2n) is 5.99. The molecule has 0 radical (unpaired) electrons. The number of nitrogens with one attached hydrogen (secondary N) is 1. The third-order valence-corrected chi connectivity index (χ3v) is 4.42. The number of anilines is 1. The van der Waals surface area contributed by atoms with Gasteiger partial charge in [0.05, 0.1) is 6.04 Å². The van der Waals surface area contributed by atoms with Crippen molar-refractivity contribution in [2.24, 2.45) is 0 Å². The summed E-state index contributed by atoms with van der Waals surface area (Å²) in [4.78, 5) is 14.5. The first-order valence-electron chi connectivity index (χ1n) is 7.21. The molecular weight excluding hydrogens is 236 g/mol. The second kappa shape index (κ2) is 4.64. The zero-order valence-corrected chi connectivity index (χ0v) is 12.0. The smallest absolute Gasteiger partial charge is 0.228 e. The molecule has 3 heteroatoms. The van der Waals surface area contributed by atoms with E-state index in [1.54, 1.807) is 0 Å². The Labute approximate surface area is 115 Å². The molecule has 0 spiro atoms. The number of rotatable bonds is 1. The van der Waals surface area contributed by atoms with Gasteiger partial charge in [-0.05, 0) is 51.3 Å². The van der Waals surface area contributed by atoms with Gasteiger partial charge in [0.25, 0.3) is 0 Å². The lowest BCUT2D eigenvalue weighted by atomic mass is 9.97. The number of aryl methyl sites for hydroxylation is 3. The summed E-state index contributed by atoms with van der Waals surface area (Å²) in [5, 5.41) is 3.50. The Kier molecular flexibility index (Phi) is 3.09. The maximum Gasteiger partial charge on any atom is 0.228 e. The molecule has 1 aromatic rings. The first kappa shape index (κ1) is 12.7. The van der Waals surface area contributed by atoms with E-state index in [0.717, 1.165) is 25.1 Å². The summed E-state index contributed by atoms with van der Waals surface area (Å²) in [5.41, 5.74) is 4.85. The Morgan fingerprint density at radius 3 is 2.58 bits per heavy atom. The molecule has 3 rings (SSSR count). The van der Waals surface area contributed by atoms with E-state index in [2.05, 4.69) is 43.1 Å². The average molecular weight is 258 g/mol. The van der Waals surface area contributed by atoms with Gasteiger partial charge in [0, 0.05) is 18.2 Å². The molecule has 2 unspecified atom stereocenters. The van der Waals surface area contributed by atoms with Gasteiger partial charge in [0.2, 0.25) is 5.91 Å². The summed E-state index contributed by atoms with van der Waals surface area (Å²) in [6, 6.07) is 5.06. The van der Waals surface area contributed by atoms with Gasteiger partial charge < -0.3 is 10.2 Å². The molecule has 2 heterocycles. The highest BCUT2D eigenvalue weighted by atomic mass is 16.2. The number of hydrogen-bond acceptors (Lipinski definition) is 2. The van der Waals surface area contributed by atoms with Crippen molar-refractivity contribution in [2.75, 3.05) is 11.4 Å². The first-order chi connectivity index (χ1) is 9.08. The number of amides is 1. The van der Waals surface area contributed by atoms with E-state index in [-0.39, 0.29) is 5.91 Å². The molecule has 2 fully saturated rings. The van der Waals surface area contributed by atoms with Crippen LogP contribution < -0.4 is 10.2 Å². The fraction of sp³-hybridized carbons (Fsp3) is 0.562. The lowest BCUT2D eigenvalue weighted by Crippen LogP contribution is -2.47. The predicted octanol–water partition coefficient (Wildman–Crippen LogP) is 2.47. The maximum atomic E-state index is 12.4. The van der Waals surface area contributed by atoms with Gasteiger partial charge in [-0.3, -0.25) is 4.79 Å². The summed E-state index contributed by atoms with van der Waals surface area (Å²) in [5.74, 6) is 0.277. The molecule has 3 nitrogen and oxygen atoms in total. The molecule has 1 amide bonds. The molecule has 2 saturated heterocycles. The lowest BCUT2D eigenvalue weighted by molar-refractivity contribution is -0.117. The molecular formula is C16H22N2O. The van der Waals surface area contributed by atoms with Crippen LogP contribution in [0.4, 0.5) is 5.69 Å². The predicted molar refractivity (Wildman–Crippen MR) is 77.6 cm³/mol. The van der Waals surface area contributed by atoms with Crippen LogP contribution in [-0.4, -0.2) is 24.5 Å². The van der Waals surface area contributed by atoms with Crippen molar-refractivity contribution in [1.82, 2.24) is 5.32 Å². The summed E-state index contributed by atoms with van der Waals surface area (Å²) < 4.78 is 0. The Balaban J connectivity index is 2.03. The van der Waals surface area contributed by atoms with Crippen LogP contribution >= 0.6 is 0 Å². The minimum absolute atomic E-state index is 0.277. The van der Waals surface area contributed by atoms with E-state index in [1.807, 2.05) is 0 Å². The van der Waals surface area contributed by atoms with Crippen molar-refractivity contribution < 1.29 is 4.79 Å². The molecule has 102 valence electrons. The van der Waals surface area contributed by atoms with Crippen LogP contribution in [0.2, 0.25) is 0 Å². The summed E-state index contributed by atoms with van der Waals surface area (Å²) in [6.07, 6.45) is 2.93. The SMILES string of the molecule is Cc1cc(C)c(N2C(=O)CC3NCCCC32)c(C)c1. The summed E-state index contributed by atoms with van der Waals surface area (Å²) >= 11 is 0. The monoisotopic (exact) mass is 258 g/mol. The Morgan fingerprint density at radius 1 is 1.21 bits per heavy atom. The average Bonchev–Trinajstić information content (AvgIpc) is 2.65. The first-order valence-corrected chi connectivity index (χ1v) is 7.21. The highest BCUT2D eigenvalue weighted by Gasteiger charge is 2.42. The normalized spacial score (nSPS) is 26.7. The molecule has 1 N–H and O–H groups in total. The zero-order valence-electron chi connectivity index (χ0n) is 12.0. The van der Waals surface area contributed by atoms with Crippen molar-refractivity contribution in [2.45, 2.75) is 52.1 Å². The van der Waals surface area contributed by atoms with Crippen LogP contribution in [0.15, 0.2) is 12.1 Å². The number of fused-ring (bicyclic) bond motifs is 1. The quantitative estimate of drug-likeness (QED) is 0.839. The van der Waals surface area contributed by atoms with Crippen molar-refractivity contribution in [3.8, 4) is 0 Å². The lowest BCUT2D eigenvalue weighted by Gasteiger charge is -2.34. The van der Waals surface area contributed by atoms with Crippen LogP contribution in [0.3, 0.4) is 0 Å². The molecule has 2 aliphatic rings. The minimum Gasteiger partial charge on any atom is -0.311 e. The van der Waals surface area contributed by atoms with Crippen molar-refractivity contribution >= 4 is 11.6 Å². The maximum absolute atomic E-state index is 12.4. The molecule has 0 bridgehead atoms. The second-order valence-corrected chi connectivity index (χ2v) is 5.99. The van der Waals surface area contributed by atoms with E-state index < -0.39 is 0 Å². The van der Waals surface area contributed by atoms with Gasteiger partial charge in [-0.15, -0.1) is 0 Å². The third-order valence-electron chi connectivity index (χ3n) is 4.42. The largest absolute Gasteiger partial charge is 0.311 e. The Hall–Kier alpha value is -1.35. The number of benzene rings is 1. The standard InChI is InChI=1S/C16H22N2O/c1-10-7-11(2)16(12(3)8-10)18-14-5-4-6-17-13(14)9-15(18)19/h7-8,13-14,17H,4-6,9H2,1-3H3. The van der Waals surface area contributed by atoms with Crippen molar-refractivity contribution in [3.05, 3.63) is 28.8 Å². The number of carbonyl (C=O) groups excluding carboxylic acids is 1. The Bertz CT molecular complexity index is 500. The minimum atomic E-state index is 0.277. The van der Waals surface area contributed by atoms with Crippen LogP contribution in [0, 0.1) is 20.8 Å². The van der Waals surface area contributed by atoms with Crippen LogP contribution in [0.1, 0.15) is 36.0 Å². The van der Waals surface area contributed by atoms with Crippen LogP contribution in [0.25, 0.3) is 0 Å².